The Morgan fingerprint density at radius 1 is 1.28 bits per heavy atom. The third-order valence-electron chi connectivity index (χ3n) is 4.30. The number of aromatic nitrogens is 2. The predicted molar refractivity (Wildman–Crippen MR) is 107 cm³/mol. The standard InChI is InChI=1S/C17H22N4OS.2ClH/c1-18-9-5-13-6-10-21(11-7-13)17(22)15-12-20-16(23-15)14-4-2-3-8-19-14;;/h2-4,8,12-13,18H,5-7,9-11H2,1H3;2*1H. The molecule has 0 unspecified atom stereocenters. The van der Waals surface area contributed by atoms with Crippen molar-refractivity contribution < 1.29 is 4.79 Å². The number of pyridine rings is 1. The molecule has 3 heterocycles. The second-order valence-corrected chi connectivity index (χ2v) is 6.90. The number of piperidine rings is 1. The molecule has 1 aliphatic rings. The van der Waals surface area contributed by atoms with E-state index in [1.807, 2.05) is 30.1 Å². The molecule has 2 aromatic rings. The summed E-state index contributed by atoms with van der Waals surface area (Å²) in [7, 11) is 1.99. The van der Waals surface area contributed by atoms with Crippen molar-refractivity contribution in [3.63, 3.8) is 0 Å². The molecule has 1 N–H and O–H groups in total. The number of carbonyl (C=O) groups is 1. The van der Waals surface area contributed by atoms with E-state index in [1.165, 1.54) is 17.8 Å². The van der Waals surface area contributed by atoms with E-state index in [4.69, 9.17) is 0 Å². The van der Waals surface area contributed by atoms with Crippen LogP contribution in [0.2, 0.25) is 0 Å². The van der Waals surface area contributed by atoms with E-state index >= 15 is 0 Å². The molecule has 1 amide bonds. The van der Waals surface area contributed by atoms with E-state index in [1.54, 1.807) is 12.4 Å². The Morgan fingerprint density at radius 2 is 2.04 bits per heavy atom. The number of halogens is 2. The fourth-order valence-electron chi connectivity index (χ4n) is 2.91. The van der Waals surface area contributed by atoms with Crippen LogP contribution in [0.3, 0.4) is 0 Å². The Morgan fingerprint density at radius 3 is 2.68 bits per heavy atom. The van der Waals surface area contributed by atoms with E-state index in [0.717, 1.165) is 49.1 Å². The van der Waals surface area contributed by atoms with Crippen LogP contribution in [0.1, 0.15) is 28.9 Å². The second-order valence-electron chi connectivity index (χ2n) is 5.87. The SMILES string of the molecule is CNCCC1CCN(C(=O)c2cnc(-c3ccccn3)s2)CC1.Cl.Cl. The molecule has 1 saturated heterocycles. The van der Waals surface area contributed by atoms with Crippen LogP contribution in [-0.4, -0.2) is 47.5 Å². The lowest BCUT2D eigenvalue weighted by Crippen LogP contribution is -2.38. The Hall–Kier alpha value is -1.21. The van der Waals surface area contributed by atoms with Crippen molar-refractivity contribution in [1.29, 1.82) is 0 Å². The van der Waals surface area contributed by atoms with Crippen LogP contribution in [0.4, 0.5) is 0 Å². The largest absolute Gasteiger partial charge is 0.338 e. The number of amides is 1. The molecular formula is C17H24Cl2N4OS. The molecule has 0 aliphatic carbocycles. The van der Waals surface area contributed by atoms with Gasteiger partial charge in [0.05, 0.1) is 11.9 Å². The highest BCUT2D eigenvalue weighted by Gasteiger charge is 2.24. The molecular weight excluding hydrogens is 379 g/mol. The highest BCUT2D eigenvalue weighted by Crippen LogP contribution is 2.26. The molecule has 0 saturated carbocycles. The quantitative estimate of drug-likeness (QED) is 0.830. The lowest BCUT2D eigenvalue weighted by Gasteiger charge is -2.31. The maximum Gasteiger partial charge on any atom is 0.265 e. The van der Waals surface area contributed by atoms with Crippen molar-refractivity contribution in [2.24, 2.45) is 5.92 Å². The van der Waals surface area contributed by atoms with Gasteiger partial charge in [0.1, 0.15) is 9.88 Å². The van der Waals surface area contributed by atoms with Gasteiger partial charge in [0.15, 0.2) is 0 Å². The van der Waals surface area contributed by atoms with E-state index < -0.39 is 0 Å². The summed E-state index contributed by atoms with van der Waals surface area (Å²) in [5.74, 6) is 0.841. The average molecular weight is 403 g/mol. The summed E-state index contributed by atoms with van der Waals surface area (Å²) < 4.78 is 0. The molecule has 0 bridgehead atoms. The lowest BCUT2D eigenvalue weighted by atomic mass is 9.93. The Balaban J connectivity index is 0.00000156. The van der Waals surface area contributed by atoms with Gasteiger partial charge in [0.25, 0.3) is 5.91 Å². The van der Waals surface area contributed by atoms with E-state index in [9.17, 15) is 4.79 Å². The molecule has 0 radical (unpaired) electrons. The van der Waals surface area contributed by atoms with E-state index in [0.29, 0.717) is 4.88 Å². The van der Waals surface area contributed by atoms with E-state index in [-0.39, 0.29) is 30.7 Å². The highest BCUT2D eigenvalue weighted by molar-refractivity contribution is 7.16. The summed E-state index contributed by atoms with van der Waals surface area (Å²) >= 11 is 1.43. The highest BCUT2D eigenvalue weighted by atomic mass is 35.5. The van der Waals surface area contributed by atoms with Crippen LogP contribution in [0.25, 0.3) is 10.7 Å². The summed E-state index contributed by atoms with van der Waals surface area (Å²) in [5, 5.41) is 4.00. The first-order chi connectivity index (χ1) is 11.3. The number of nitrogens with one attached hydrogen (secondary N) is 1. The molecule has 138 valence electrons. The van der Waals surface area contributed by atoms with Crippen molar-refractivity contribution in [3.8, 4) is 10.7 Å². The van der Waals surface area contributed by atoms with Gasteiger partial charge in [-0.2, -0.15) is 0 Å². The minimum absolute atomic E-state index is 0. The van der Waals surface area contributed by atoms with Crippen LogP contribution < -0.4 is 5.32 Å². The first-order valence-electron chi connectivity index (χ1n) is 8.09. The summed E-state index contributed by atoms with van der Waals surface area (Å²) in [4.78, 5) is 23.9. The van der Waals surface area contributed by atoms with Crippen molar-refractivity contribution >= 4 is 42.1 Å². The van der Waals surface area contributed by atoms with Crippen LogP contribution in [-0.2, 0) is 0 Å². The van der Waals surface area contributed by atoms with Gasteiger partial charge in [0.2, 0.25) is 0 Å². The van der Waals surface area contributed by atoms with Crippen molar-refractivity contribution in [1.82, 2.24) is 20.2 Å². The monoisotopic (exact) mass is 402 g/mol. The maximum absolute atomic E-state index is 12.6. The number of thiazole rings is 1. The molecule has 0 atom stereocenters. The van der Waals surface area contributed by atoms with Gasteiger partial charge in [-0.05, 0) is 50.9 Å². The summed E-state index contributed by atoms with van der Waals surface area (Å²) in [6.45, 7) is 2.76. The first kappa shape index (κ1) is 21.8. The van der Waals surface area contributed by atoms with E-state index in [2.05, 4.69) is 15.3 Å². The van der Waals surface area contributed by atoms with Gasteiger partial charge in [-0.25, -0.2) is 4.98 Å². The molecule has 2 aromatic heterocycles. The third kappa shape index (κ3) is 5.64. The fraction of sp³-hybridized carbons (Fsp3) is 0.471. The molecule has 0 spiro atoms. The average Bonchev–Trinajstić information content (AvgIpc) is 3.11. The van der Waals surface area contributed by atoms with Crippen molar-refractivity contribution in [2.45, 2.75) is 19.3 Å². The number of nitrogens with zero attached hydrogens (tertiary/aromatic N) is 3. The molecule has 8 heteroatoms. The topological polar surface area (TPSA) is 58.1 Å². The zero-order chi connectivity index (χ0) is 16.1. The molecule has 25 heavy (non-hydrogen) atoms. The normalized spacial score (nSPS) is 14.5. The molecule has 5 nitrogen and oxygen atoms in total. The molecule has 0 aromatic carbocycles. The Kier molecular flexibility index (Phi) is 9.35. The predicted octanol–water partition coefficient (Wildman–Crippen LogP) is 3.51. The van der Waals surface area contributed by atoms with Gasteiger partial charge in [-0.15, -0.1) is 36.2 Å². The lowest BCUT2D eigenvalue weighted by molar-refractivity contribution is 0.0692. The van der Waals surface area contributed by atoms with Crippen LogP contribution >= 0.6 is 36.2 Å². The number of likely N-dealkylation sites (tertiary alicyclic amines) is 1. The number of hydrogen-bond donors (Lipinski definition) is 1. The van der Waals surface area contributed by atoms with Gasteiger partial charge in [-0.1, -0.05) is 6.07 Å². The minimum atomic E-state index is 0. The zero-order valence-corrected chi connectivity index (χ0v) is 16.6. The van der Waals surface area contributed by atoms with Crippen molar-refractivity contribution in [2.75, 3.05) is 26.7 Å². The smallest absolute Gasteiger partial charge is 0.265 e. The Bertz CT molecular complexity index is 645. The van der Waals surface area contributed by atoms with Gasteiger partial charge in [0, 0.05) is 19.3 Å². The fourth-order valence-corrected chi connectivity index (χ4v) is 3.77. The number of hydrogen-bond acceptors (Lipinski definition) is 5. The molecule has 1 aliphatic heterocycles. The first-order valence-corrected chi connectivity index (χ1v) is 8.90. The molecule has 1 fully saturated rings. The minimum Gasteiger partial charge on any atom is -0.338 e. The molecule has 3 rings (SSSR count). The van der Waals surface area contributed by atoms with Crippen molar-refractivity contribution in [3.05, 3.63) is 35.5 Å². The number of rotatable bonds is 5. The van der Waals surface area contributed by atoms with Crippen LogP contribution in [0.5, 0.6) is 0 Å². The summed E-state index contributed by atoms with van der Waals surface area (Å²) in [5.41, 5.74) is 0.822. The van der Waals surface area contributed by atoms with Crippen LogP contribution in [0, 0.1) is 5.92 Å². The van der Waals surface area contributed by atoms with Gasteiger partial charge < -0.3 is 10.2 Å². The third-order valence-corrected chi connectivity index (χ3v) is 5.31. The summed E-state index contributed by atoms with van der Waals surface area (Å²) in [6, 6.07) is 5.73. The second kappa shape index (κ2) is 10.7. The zero-order valence-electron chi connectivity index (χ0n) is 14.2. The van der Waals surface area contributed by atoms with Gasteiger partial charge in [-0.3, -0.25) is 9.78 Å². The van der Waals surface area contributed by atoms with Gasteiger partial charge >= 0.3 is 0 Å². The van der Waals surface area contributed by atoms with Crippen LogP contribution in [0.15, 0.2) is 30.6 Å². The maximum atomic E-state index is 12.6. The number of carbonyl (C=O) groups excluding carboxylic acids is 1. The Labute approximate surface area is 165 Å². The summed E-state index contributed by atoms with van der Waals surface area (Å²) in [6.07, 6.45) is 6.82.